The number of benzene rings is 1. The average Bonchev–Trinajstić information content (AvgIpc) is 2.39. The molecule has 0 aliphatic heterocycles. The lowest BCUT2D eigenvalue weighted by molar-refractivity contribution is 0.0939. The van der Waals surface area contributed by atoms with E-state index < -0.39 is 0 Å². The van der Waals surface area contributed by atoms with E-state index in [9.17, 15) is 9.59 Å². The third-order valence-corrected chi connectivity index (χ3v) is 2.80. The van der Waals surface area contributed by atoms with Crippen molar-refractivity contribution < 1.29 is 4.79 Å². The summed E-state index contributed by atoms with van der Waals surface area (Å²) in [6, 6.07) is 9.99. The Labute approximate surface area is 110 Å². The molecule has 0 radical (unpaired) electrons. The van der Waals surface area contributed by atoms with Gasteiger partial charge in [-0.2, -0.15) is 0 Å². The first-order chi connectivity index (χ1) is 9.06. The van der Waals surface area contributed by atoms with E-state index in [0.29, 0.717) is 11.3 Å². The summed E-state index contributed by atoms with van der Waals surface area (Å²) < 4.78 is 0. The molecule has 0 saturated heterocycles. The molecular formula is C14H15N3O2. The van der Waals surface area contributed by atoms with Crippen molar-refractivity contribution in [2.45, 2.75) is 13.0 Å². The third kappa shape index (κ3) is 3.22. The van der Waals surface area contributed by atoms with Gasteiger partial charge in [-0.05, 0) is 30.7 Å². The van der Waals surface area contributed by atoms with Crippen LogP contribution in [0.2, 0.25) is 0 Å². The van der Waals surface area contributed by atoms with Crippen LogP contribution in [-0.4, -0.2) is 10.9 Å². The molecule has 1 atom stereocenters. The molecule has 1 amide bonds. The fourth-order valence-corrected chi connectivity index (χ4v) is 1.74. The van der Waals surface area contributed by atoms with Crippen molar-refractivity contribution in [2.75, 3.05) is 5.73 Å². The molecule has 5 nitrogen and oxygen atoms in total. The molecule has 0 spiro atoms. The van der Waals surface area contributed by atoms with Gasteiger partial charge in [-0.3, -0.25) is 9.59 Å². The molecule has 4 N–H and O–H groups in total. The summed E-state index contributed by atoms with van der Waals surface area (Å²) in [7, 11) is 0. The number of carbonyl (C=O) groups is 1. The number of pyridine rings is 1. The third-order valence-electron chi connectivity index (χ3n) is 2.80. The Kier molecular flexibility index (Phi) is 3.66. The highest BCUT2D eigenvalue weighted by Gasteiger charge is 2.11. The first-order valence-corrected chi connectivity index (χ1v) is 5.91. The Hall–Kier alpha value is -2.56. The number of aromatic nitrogens is 1. The lowest BCUT2D eigenvalue weighted by Gasteiger charge is -2.14. The molecule has 2 rings (SSSR count). The summed E-state index contributed by atoms with van der Waals surface area (Å²) in [6.07, 6.45) is 1.39. The van der Waals surface area contributed by atoms with E-state index in [2.05, 4.69) is 10.3 Å². The van der Waals surface area contributed by atoms with Gasteiger partial charge in [-0.1, -0.05) is 12.1 Å². The fourth-order valence-electron chi connectivity index (χ4n) is 1.74. The highest BCUT2D eigenvalue weighted by atomic mass is 16.2. The standard InChI is InChI=1S/C14H15N3O2/c1-9(10-3-2-4-12(15)7-10)17-14(19)11-5-6-13(18)16-8-11/h2-9H,15H2,1H3,(H,16,18)(H,17,19). The summed E-state index contributed by atoms with van der Waals surface area (Å²) in [5.74, 6) is -0.244. The van der Waals surface area contributed by atoms with Gasteiger partial charge >= 0.3 is 0 Å². The molecule has 0 fully saturated rings. The molecule has 5 heteroatoms. The predicted molar refractivity (Wildman–Crippen MR) is 73.8 cm³/mol. The number of hydrogen-bond acceptors (Lipinski definition) is 3. The van der Waals surface area contributed by atoms with E-state index in [0.717, 1.165) is 5.56 Å². The number of hydrogen-bond donors (Lipinski definition) is 3. The van der Waals surface area contributed by atoms with Crippen LogP contribution in [-0.2, 0) is 0 Å². The fraction of sp³-hybridized carbons (Fsp3) is 0.143. The second kappa shape index (κ2) is 5.39. The molecule has 98 valence electrons. The van der Waals surface area contributed by atoms with E-state index in [1.54, 1.807) is 6.07 Å². The Morgan fingerprint density at radius 3 is 2.74 bits per heavy atom. The van der Waals surface area contributed by atoms with Gasteiger partial charge in [-0.25, -0.2) is 0 Å². The maximum absolute atomic E-state index is 12.0. The number of aromatic amines is 1. The molecule has 0 saturated carbocycles. The minimum Gasteiger partial charge on any atom is -0.399 e. The van der Waals surface area contributed by atoms with Gasteiger partial charge in [0.25, 0.3) is 5.91 Å². The molecule has 1 aromatic carbocycles. The lowest BCUT2D eigenvalue weighted by atomic mass is 10.1. The van der Waals surface area contributed by atoms with Gasteiger partial charge in [0.1, 0.15) is 0 Å². The Balaban J connectivity index is 2.10. The van der Waals surface area contributed by atoms with Gasteiger partial charge in [0, 0.05) is 18.0 Å². The molecule has 0 aliphatic carbocycles. The Morgan fingerprint density at radius 2 is 2.11 bits per heavy atom. The van der Waals surface area contributed by atoms with Crippen LogP contribution in [0.25, 0.3) is 0 Å². The van der Waals surface area contributed by atoms with E-state index in [1.807, 2.05) is 25.1 Å². The summed E-state index contributed by atoms with van der Waals surface area (Å²) in [5, 5.41) is 2.84. The van der Waals surface area contributed by atoms with Crippen LogP contribution in [0.5, 0.6) is 0 Å². The zero-order valence-corrected chi connectivity index (χ0v) is 10.5. The maximum Gasteiger partial charge on any atom is 0.253 e. The SMILES string of the molecule is CC(NC(=O)c1ccc(=O)[nH]c1)c1cccc(N)c1. The molecule has 1 unspecified atom stereocenters. The minimum absolute atomic E-state index is 0.164. The zero-order valence-electron chi connectivity index (χ0n) is 10.5. The van der Waals surface area contributed by atoms with E-state index >= 15 is 0 Å². The molecule has 1 aromatic heterocycles. The van der Waals surface area contributed by atoms with E-state index in [4.69, 9.17) is 5.73 Å². The zero-order chi connectivity index (χ0) is 13.8. The van der Waals surface area contributed by atoms with Crippen molar-refractivity contribution >= 4 is 11.6 Å². The number of nitrogen functional groups attached to an aromatic ring is 1. The van der Waals surface area contributed by atoms with Crippen LogP contribution in [0.15, 0.2) is 47.4 Å². The van der Waals surface area contributed by atoms with Gasteiger partial charge in [0.05, 0.1) is 11.6 Å². The largest absolute Gasteiger partial charge is 0.399 e. The first-order valence-electron chi connectivity index (χ1n) is 5.91. The monoisotopic (exact) mass is 257 g/mol. The second-order valence-corrected chi connectivity index (χ2v) is 4.31. The van der Waals surface area contributed by atoms with Crippen molar-refractivity contribution in [3.63, 3.8) is 0 Å². The number of rotatable bonds is 3. The van der Waals surface area contributed by atoms with Gasteiger partial charge in [0.15, 0.2) is 0 Å². The van der Waals surface area contributed by atoms with Gasteiger partial charge in [-0.15, -0.1) is 0 Å². The van der Waals surface area contributed by atoms with E-state index in [-0.39, 0.29) is 17.5 Å². The van der Waals surface area contributed by atoms with Gasteiger partial charge < -0.3 is 16.0 Å². The average molecular weight is 257 g/mol. The molecule has 2 aromatic rings. The Morgan fingerprint density at radius 1 is 1.32 bits per heavy atom. The van der Waals surface area contributed by atoms with Crippen LogP contribution < -0.4 is 16.6 Å². The molecule has 0 bridgehead atoms. The molecule has 19 heavy (non-hydrogen) atoms. The van der Waals surface area contributed by atoms with Gasteiger partial charge in [0.2, 0.25) is 5.56 Å². The summed E-state index contributed by atoms with van der Waals surface area (Å²) in [4.78, 5) is 25.4. The van der Waals surface area contributed by atoms with Crippen LogP contribution in [0, 0.1) is 0 Å². The quantitative estimate of drug-likeness (QED) is 0.727. The van der Waals surface area contributed by atoms with Crippen molar-refractivity contribution in [1.29, 1.82) is 0 Å². The van der Waals surface area contributed by atoms with Crippen LogP contribution in [0.3, 0.4) is 0 Å². The lowest BCUT2D eigenvalue weighted by Crippen LogP contribution is -2.27. The predicted octanol–water partition coefficient (Wildman–Crippen LogP) is 1.45. The minimum atomic E-state index is -0.244. The number of carbonyl (C=O) groups excluding carboxylic acids is 1. The second-order valence-electron chi connectivity index (χ2n) is 4.31. The van der Waals surface area contributed by atoms with Crippen LogP contribution >= 0.6 is 0 Å². The number of nitrogens with two attached hydrogens (primary N) is 1. The number of nitrogens with one attached hydrogen (secondary N) is 2. The van der Waals surface area contributed by atoms with Crippen molar-refractivity contribution in [2.24, 2.45) is 0 Å². The summed E-state index contributed by atoms with van der Waals surface area (Å²) >= 11 is 0. The smallest absolute Gasteiger partial charge is 0.253 e. The number of amides is 1. The molecule has 1 heterocycles. The number of anilines is 1. The highest BCUT2D eigenvalue weighted by molar-refractivity contribution is 5.94. The van der Waals surface area contributed by atoms with Crippen molar-refractivity contribution in [3.8, 4) is 0 Å². The summed E-state index contributed by atoms with van der Waals surface area (Å²) in [6.45, 7) is 1.87. The van der Waals surface area contributed by atoms with Crippen molar-refractivity contribution in [3.05, 3.63) is 64.1 Å². The normalized spacial score (nSPS) is 11.8. The maximum atomic E-state index is 12.0. The topological polar surface area (TPSA) is 88.0 Å². The van der Waals surface area contributed by atoms with Crippen LogP contribution in [0.4, 0.5) is 5.69 Å². The molecular weight excluding hydrogens is 242 g/mol. The van der Waals surface area contributed by atoms with E-state index in [1.165, 1.54) is 18.3 Å². The van der Waals surface area contributed by atoms with Crippen LogP contribution in [0.1, 0.15) is 28.9 Å². The molecule has 0 aliphatic rings. The van der Waals surface area contributed by atoms with Crippen molar-refractivity contribution in [1.82, 2.24) is 10.3 Å². The number of H-pyrrole nitrogens is 1. The highest BCUT2D eigenvalue weighted by Crippen LogP contribution is 2.15. The summed E-state index contributed by atoms with van der Waals surface area (Å²) in [5.41, 5.74) is 7.46. The Bertz CT molecular complexity index is 629. The first kappa shape index (κ1) is 12.9.